The summed E-state index contributed by atoms with van der Waals surface area (Å²) >= 11 is 1.74. The second-order valence-corrected chi connectivity index (χ2v) is 5.52. The highest BCUT2D eigenvalue weighted by Crippen LogP contribution is 2.34. The highest BCUT2D eigenvalue weighted by atomic mass is 32.2. The van der Waals surface area contributed by atoms with Gasteiger partial charge in [0.05, 0.1) is 6.04 Å². The molecule has 1 aromatic rings. The van der Waals surface area contributed by atoms with Gasteiger partial charge in [-0.2, -0.15) is 17.0 Å². The van der Waals surface area contributed by atoms with Crippen molar-refractivity contribution in [1.29, 1.82) is 5.26 Å². The maximum absolute atomic E-state index is 11.9. The predicted octanol–water partition coefficient (Wildman–Crippen LogP) is 1.25. The van der Waals surface area contributed by atoms with Crippen LogP contribution in [0, 0.1) is 11.3 Å². The third kappa shape index (κ3) is 2.36. The Morgan fingerprint density at radius 2 is 2.17 bits per heavy atom. The molecule has 6 heteroatoms. The average Bonchev–Trinajstić information content (AvgIpc) is 2.39. The summed E-state index contributed by atoms with van der Waals surface area (Å²) in [6.45, 7) is 0. The third-order valence-electron chi connectivity index (χ3n) is 3.42. The number of aromatic nitrogens is 2. The molecule has 1 aliphatic carbocycles. The van der Waals surface area contributed by atoms with E-state index in [0.29, 0.717) is 5.25 Å². The Morgan fingerprint density at radius 3 is 2.83 bits per heavy atom. The SMILES string of the molecule is CSC1CCCCC1n1cc(C#N)c(=O)[nH]c1=O. The summed E-state index contributed by atoms with van der Waals surface area (Å²) in [6.07, 6.45) is 7.67. The molecular formula is C12H15N3O2S. The Morgan fingerprint density at radius 1 is 1.44 bits per heavy atom. The summed E-state index contributed by atoms with van der Waals surface area (Å²) in [7, 11) is 0. The van der Waals surface area contributed by atoms with Crippen molar-refractivity contribution in [3.8, 4) is 6.07 Å². The van der Waals surface area contributed by atoms with E-state index in [1.165, 1.54) is 17.2 Å². The molecule has 0 aromatic carbocycles. The molecule has 18 heavy (non-hydrogen) atoms. The van der Waals surface area contributed by atoms with E-state index in [0.717, 1.165) is 19.3 Å². The standard InChI is InChI=1S/C12H15N3O2S/c1-18-10-5-3-2-4-9(10)15-7-8(6-13)11(16)14-12(15)17/h7,9-10H,2-5H2,1H3,(H,14,16,17). The van der Waals surface area contributed by atoms with E-state index in [4.69, 9.17) is 5.26 Å². The molecule has 0 radical (unpaired) electrons. The second kappa shape index (κ2) is 5.44. The number of thioether (sulfide) groups is 1. The first-order valence-corrected chi connectivity index (χ1v) is 7.24. The van der Waals surface area contributed by atoms with Crippen molar-refractivity contribution < 1.29 is 0 Å². The molecule has 2 rings (SSSR count). The summed E-state index contributed by atoms with van der Waals surface area (Å²) in [5, 5.41) is 9.23. The molecule has 2 atom stereocenters. The minimum absolute atomic E-state index is 0.0000246. The van der Waals surface area contributed by atoms with E-state index >= 15 is 0 Å². The van der Waals surface area contributed by atoms with Gasteiger partial charge in [-0.05, 0) is 19.1 Å². The predicted molar refractivity (Wildman–Crippen MR) is 70.8 cm³/mol. The van der Waals surface area contributed by atoms with Gasteiger partial charge in [0.2, 0.25) is 0 Å². The molecule has 96 valence electrons. The van der Waals surface area contributed by atoms with Gasteiger partial charge in [0.25, 0.3) is 5.56 Å². The molecule has 0 bridgehead atoms. The van der Waals surface area contributed by atoms with Gasteiger partial charge in [0.15, 0.2) is 0 Å². The molecule has 0 spiro atoms. The molecule has 1 N–H and O–H groups in total. The van der Waals surface area contributed by atoms with Crippen molar-refractivity contribution in [2.45, 2.75) is 37.0 Å². The lowest BCUT2D eigenvalue weighted by atomic mass is 9.94. The topological polar surface area (TPSA) is 78.7 Å². The van der Waals surface area contributed by atoms with Crippen molar-refractivity contribution >= 4 is 11.8 Å². The van der Waals surface area contributed by atoms with E-state index in [9.17, 15) is 9.59 Å². The number of hydrogen-bond donors (Lipinski definition) is 1. The van der Waals surface area contributed by atoms with Crippen LogP contribution in [0.3, 0.4) is 0 Å². The first-order valence-electron chi connectivity index (χ1n) is 5.95. The molecule has 5 nitrogen and oxygen atoms in total. The van der Waals surface area contributed by atoms with Crippen LogP contribution >= 0.6 is 11.8 Å². The molecule has 1 saturated carbocycles. The van der Waals surface area contributed by atoms with Gasteiger partial charge in [0.1, 0.15) is 11.6 Å². The Labute approximate surface area is 109 Å². The summed E-state index contributed by atoms with van der Waals surface area (Å²) in [4.78, 5) is 25.4. The molecule has 1 aliphatic rings. The number of nitrogens with zero attached hydrogens (tertiary/aromatic N) is 2. The van der Waals surface area contributed by atoms with Crippen molar-refractivity contribution in [2.75, 3.05) is 6.26 Å². The number of H-pyrrole nitrogens is 1. The van der Waals surface area contributed by atoms with E-state index in [1.54, 1.807) is 11.8 Å². The molecule has 1 fully saturated rings. The molecule has 0 saturated heterocycles. The van der Waals surface area contributed by atoms with E-state index in [1.807, 2.05) is 12.3 Å². The van der Waals surface area contributed by atoms with E-state index in [2.05, 4.69) is 4.98 Å². The van der Waals surface area contributed by atoms with E-state index < -0.39 is 11.2 Å². The second-order valence-electron chi connectivity index (χ2n) is 4.45. The van der Waals surface area contributed by atoms with Crippen LogP contribution in [0.4, 0.5) is 0 Å². The van der Waals surface area contributed by atoms with Crippen LogP contribution in [-0.4, -0.2) is 21.1 Å². The highest BCUT2D eigenvalue weighted by molar-refractivity contribution is 7.99. The van der Waals surface area contributed by atoms with Crippen LogP contribution in [-0.2, 0) is 0 Å². The lowest BCUT2D eigenvalue weighted by Gasteiger charge is -2.31. The van der Waals surface area contributed by atoms with Gasteiger partial charge >= 0.3 is 5.69 Å². The first-order chi connectivity index (χ1) is 8.67. The van der Waals surface area contributed by atoms with Gasteiger partial charge < -0.3 is 0 Å². The van der Waals surface area contributed by atoms with E-state index in [-0.39, 0.29) is 11.6 Å². The molecule has 1 aromatic heterocycles. The maximum atomic E-state index is 11.9. The largest absolute Gasteiger partial charge is 0.328 e. The minimum Gasteiger partial charge on any atom is -0.295 e. The normalized spacial score (nSPS) is 23.6. The Kier molecular flexibility index (Phi) is 3.92. The maximum Gasteiger partial charge on any atom is 0.328 e. The smallest absolute Gasteiger partial charge is 0.295 e. The Balaban J connectivity index is 2.47. The summed E-state index contributed by atoms with van der Waals surface area (Å²) in [6, 6.07) is 1.90. The fourth-order valence-electron chi connectivity index (χ4n) is 2.48. The van der Waals surface area contributed by atoms with Crippen LogP contribution in [0.15, 0.2) is 15.8 Å². The lowest BCUT2D eigenvalue weighted by Crippen LogP contribution is -2.38. The molecule has 0 aliphatic heterocycles. The number of aromatic amines is 1. The minimum atomic E-state index is -0.602. The van der Waals surface area contributed by atoms with Gasteiger partial charge in [-0.25, -0.2) is 4.79 Å². The Hall–Kier alpha value is -1.48. The number of rotatable bonds is 2. The van der Waals surface area contributed by atoms with Gasteiger partial charge in [-0.15, -0.1) is 0 Å². The molecular weight excluding hydrogens is 250 g/mol. The van der Waals surface area contributed by atoms with Crippen LogP contribution in [0.1, 0.15) is 37.3 Å². The first kappa shape index (κ1) is 13.0. The average molecular weight is 265 g/mol. The number of nitriles is 1. The molecule has 0 amide bonds. The summed E-state index contributed by atoms with van der Waals surface area (Å²) in [5.74, 6) is 0. The lowest BCUT2D eigenvalue weighted by molar-refractivity contribution is 0.353. The fraction of sp³-hybridized carbons (Fsp3) is 0.583. The van der Waals surface area contributed by atoms with Crippen molar-refractivity contribution in [3.05, 3.63) is 32.6 Å². The van der Waals surface area contributed by atoms with Gasteiger partial charge in [-0.3, -0.25) is 14.3 Å². The quantitative estimate of drug-likeness (QED) is 0.873. The zero-order valence-corrected chi connectivity index (χ0v) is 11.0. The zero-order chi connectivity index (χ0) is 13.1. The summed E-state index contributed by atoms with van der Waals surface area (Å²) in [5.41, 5.74) is -1.01. The number of nitrogens with one attached hydrogen (secondary N) is 1. The van der Waals surface area contributed by atoms with Crippen LogP contribution in [0.2, 0.25) is 0 Å². The molecule has 1 heterocycles. The number of hydrogen-bond acceptors (Lipinski definition) is 4. The van der Waals surface area contributed by atoms with Crippen LogP contribution < -0.4 is 11.2 Å². The highest BCUT2D eigenvalue weighted by Gasteiger charge is 2.27. The van der Waals surface area contributed by atoms with Crippen molar-refractivity contribution in [3.63, 3.8) is 0 Å². The van der Waals surface area contributed by atoms with Crippen LogP contribution in [0.25, 0.3) is 0 Å². The Bertz CT molecular complexity index is 584. The van der Waals surface area contributed by atoms with Gasteiger partial charge in [0, 0.05) is 11.4 Å². The fourth-order valence-corrected chi connectivity index (χ4v) is 3.47. The van der Waals surface area contributed by atoms with Gasteiger partial charge in [-0.1, -0.05) is 12.8 Å². The van der Waals surface area contributed by atoms with Crippen LogP contribution in [0.5, 0.6) is 0 Å². The molecule has 2 unspecified atom stereocenters. The van der Waals surface area contributed by atoms with Crippen molar-refractivity contribution in [1.82, 2.24) is 9.55 Å². The third-order valence-corrected chi connectivity index (χ3v) is 4.57. The monoisotopic (exact) mass is 265 g/mol. The summed E-state index contributed by atoms with van der Waals surface area (Å²) < 4.78 is 1.53. The van der Waals surface area contributed by atoms with Crippen molar-refractivity contribution in [2.24, 2.45) is 0 Å². The zero-order valence-electron chi connectivity index (χ0n) is 10.2.